The first-order chi connectivity index (χ1) is 12.9. The number of aromatic nitrogens is 2. The van der Waals surface area contributed by atoms with E-state index in [4.69, 9.17) is 17.0 Å². The molecule has 0 fully saturated rings. The largest absolute Gasteiger partial charge is 0.355 e. The van der Waals surface area contributed by atoms with Gasteiger partial charge in [-0.2, -0.15) is 0 Å². The maximum atomic E-state index is 14.2. The van der Waals surface area contributed by atoms with Gasteiger partial charge in [0, 0.05) is 23.7 Å². The van der Waals surface area contributed by atoms with Crippen LogP contribution in [0.4, 0.5) is 16.0 Å². The van der Waals surface area contributed by atoms with Gasteiger partial charge in [0.15, 0.2) is 11.7 Å². The molecule has 9 heteroatoms. The molecule has 0 aliphatic carbocycles. The van der Waals surface area contributed by atoms with Crippen LogP contribution in [0.1, 0.15) is 5.56 Å². The summed E-state index contributed by atoms with van der Waals surface area (Å²) in [7, 11) is 3.90. The first-order valence-electron chi connectivity index (χ1n) is 8.27. The third-order valence-corrected chi connectivity index (χ3v) is 4.20. The lowest BCUT2D eigenvalue weighted by Gasteiger charge is -2.18. The highest BCUT2D eigenvalue weighted by molar-refractivity contribution is 6.31. The number of hydrogen-bond acceptors (Lipinski definition) is 5. The van der Waals surface area contributed by atoms with E-state index in [0.29, 0.717) is 39.3 Å². The summed E-state index contributed by atoms with van der Waals surface area (Å²) in [5.74, 6) is -0.338. The Morgan fingerprint density at radius 2 is 2.11 bits per heavy atom. The van der Waals surface area contributed by atoms with Gasteiger partial charge < -0.3 is 15.2 Å². The van der Waals surface area contributed by atoms with Crippen molar-refractivity contribution in [3.8, 4) is 0 Å². The summed E-state index contributed by atoms with van der Waals surface area (Å²) >= 11 is 5.94. The van der Waals surface area contributed by atoms with Crippen LogP contribution in [0.25, 0.3) is 11.0 Å². The molecule has 0 saturated carbocycles. The fourth-order valence-corrected chi connectivity index (χ4v) is 2.77. The lowest BCUT2D eigenvalue weighted by Crippen LogP contribution is -2.27. The Kier molecular flexibility index (Phi) is 5.59. The van der Waals surface area contributed by atoms with Crippen molar-refractivity contribution in [1.82, 2.24) is 14.9 Å². The fourth-order valence-electron chi connectivity index (χ4n) is 2.59. The SMILES string of the molecule is CN(C)CCNc1nc2c(F)ccc(C(=N)N(O)c3cccc(Cl)c3)c2[nH]1. The van der Waals surface area contributed by atoms with Gasteiger partial charge in [0.25, 0.3) is 0 Å². The van der Waals surface area contributed by atoms with Gasteiger partial charge in [-0.15, -0.1) is 0 Å². The Morgan fingerprint density at radius 3 is 2.81 bits per heavy atom. The molecule has 1 heterocycles. The molecule has 0 aliphatic heterocycles. The molecule has 3 rings (SSSR count). The number of nitrogens with one attached hydrogen (secondary N) is 3. The molecule has 0 saturated heterocycles. The highest BCUT2D eigenvalue weighted by Gasteiger charge is 2.19. The van der Waals surface area contributed by atoms with Gasteiger partial charge in [0.1, 0.15) is 5.52 Å². The second kappa shape index (κ2) is 7.91. The molecule has 3 aromatic rings. The number of nitrogens with zero attached hydrogens (tertiary/aromatic N) is 3. The maximum absolute atomic E-state index is 14.2. The zero-order valence-corrected chi connectivity index (χ0v) is 15.7. The van der Waals surface area contributed by atoms with Gasteiger partial charge >= 0.3 is 0 Å². The zero-order valence-electron chi connectivity index (χ0n) is 14.9. The van der Waals surface area contributed by atoms with E-state index < -0.39 is 5.82 Å². The molecule has 0 radical (unpaired) electrons. The number of anilines is 2. The maximum Gasteiger partial charge on any atom is 0.201 e. The van der Waals surface area contributed by atoms with Crippen molar-refractivity contribution in [3.63, 3.8) is 0 Å². The van der Waals surface area contributed by atoms with Crippen molar-refractivity contribution in [2.75, 3.05) is 37.6 Å². The minimum Gasteiger partial charge on any atom is -0.355 e. The predicted octanol–water partition coefficient (Wildman–Crippen LogP) is 3.55. The van der Waals surface area contributed by atoms with Gasteiger partial charge in [-0.3, -0.25) is 10.6 Å². The van der Waals surface area contributed by atoms with E-state index in [0.717, 1.165) is 6.54 Å². The molecular formula is C18H20ClFN6O. The van der Waals surface area contributed by atoms with Crippen LogP contribution in [0.5, 0.6) is 0 Å². The van der Waals surface area contributed by atoms with Gasteiger partial charge in [-0.1, -0.05) is 17.7 Å². The Bertz CT molecular complexity index is 974. The molecule has 0 unspecified atom stereocenters. The van der Waals surface area contributed by atoms with E-state index in [1.807, 2.05) is 19.0 Å². The van der Waals surface area contributed by atoms with Crippen LogP contribution in [0.3, 0.4) is 0 Å². The number of H-pyrrole nitrogens is 1. The van der Waals surface area contributed by atoms with E-state index >= 15 is 0 Å². The molecule has 7 nitrogen and oxygen atoms in total. The number of fused-ring (bicyclic) bond motifs is 1. The summed E-state index contributed by atoms with van der Waals surface area (Å²) in [5, 5.41) is 23.0. The summed E-state index contributed by atoms with van der Waals surface area (Å²) in [6, 6.07) is 9.12. The van der Waals surface area contributed by atoms with Gasteiger partial charge in [0.05, 0.1) is 11.2 Å². The van der Waals surface area contributed by atoms with Crippen molar-refractivity contribution in [2.24, 2.45) is 0 Å². The summed E-state index contributed by atoms with van der Waals surface area (Å²) < 4.78 is 14.2. The topological polar surface area (TPSA) is 91.3 Å². The summed E-state index contributed by atoms with van der Waals surface area (Å²) in [4.78, 5) is 9.22. The number of halogens is 2. The lowest BCUT2D eigenvalue weighted by molar-refractivity contribution is 0.312. The fraction of sp³-hybridized carbons (Fsp3) is 0.222. The zero-order chi connectivity index (χ0) is 19.6. The molecule has 1 aromatic heterocycles. The van der Waals surface area contributed by atoms with Crippen LogP contribution in [-0.2, 0) is 0 Å². The number of imidazole rings is 1. The first-order valence-corrected chi connectivity index (χ1v) is 8.65. The molecule has 0 amide bonds. The monoisotopic (exact) mass is 390 g/mol. The van der Waals surface area contributed by atoms with E-state index in [1.165, 1.54) is 18.2 Å². The molecule has 142 valence electrons. The molecule has 0 aliphatic rings. The minimum atomic E-state index is -0.509. The number of amidine groups is 1. The van der Waals surface area contributed by atoms with E-state index in [2.05, 4.69) is 15.3 Å². The smallest absolute Gasteiger partial charge is 0.201 e. The van der Waals surface area contributed by atoms with Crippen molar-refractivity contribution in [2.45, 2.75) is 0 Å². The van der Waals surface area contributed by atoms with E-state index in [-0.39, 0.29) is 11.4 Å². The minimum absolute atomic E-state index is 0.101. The van der Waals surface area contributed by atoms with Crippen molar-refractivity contribution >= 4 is 40.1 Å². The number of benzene rings is 2. The van der Waals surface area contributed by atoms with E-state index in [9.17, 15) is 9.60 Å². The number of likely N-dealkylation sites (N-methyl/N-ethyl adjacent to an activating group) is 1. The number of rotatable bonds is 6. The Balaban J connectivity index is 1.92. The summed E-state index contributed by atoms with van der Waals surface area (Å²) in [5.41, 5.74) is 1.06. The average molecular weight is 391 g/mol. The van der Waals surface area contributed by atoms with Crippen LogP contribution in [0.2, 0.25) is 5.02 Å². The van der Waals surface area contributed by atoms with Crippen LogP contribution in [0.15, 0.2) is 36.4 Å². The highest BCUT2D eigenvalue weighted by atomic mass is 35.5. The van der Waals surface area contributed by atoms with Crippen LogP contribution in [-0.4, -0.2) is 53.1 Å². The number of hydrogen-bond donors (Lipinski definition) is 4. The Hall–Kier alpha value is -2.68. The van der Waals surface area contributed by atoms with Crippen molar-refractivity contribution < 1.29 is 9.60 Å². The second-order valence-electron chi connectivity index (χ2n) is 6.27. The lowest BCUT2D eigenvalue weighted by atomic mass is 10.1. The van der Waals surface area contributed by atoms with Crippen molar-refractivity contribution in [1.29, 1.82) is 5.41 Å². The molecule has 27 heavy (non-hydrogen) atoms. The van der Waals surface area contributed by atoms with Crippen molar-refractivity contribution in [3.05, 3.63) is 52.8 Å². The van der Waals surface area contributed by atoms with Crippen LogP contribution in [0, 0.1) is 11.2 Å². The average Bonchev–Trinajstić information content (AvgIpc) is 3.05. The first kappa shape index (κ1) is 19.1. The quantitative estimate of drug-likeness (QED) is 0.293. The van der Waals surface area contributed by atoms with E-state index in [1.54, 1.807) is 18.2 Å². The Labute approximate surface area is 160 Å². The van der Waals surface area contributed by atoms with Gasteiger partial charge in [0.2, 0.25) is 5.95 Å². The summed E-state index contributed by atoms with van der Waals surface area (Å²) in [6.45, 7) is 1.40. The molecule has 0 bridgehead atoms. The third-order valence-electron chi connectivity index (χ3n) is 3.97. The predicted molar refractivity (Wildman–Crippen MR) is 106 cm³/mol. The number of hydroxylamine groups is 1. The van der Waals surface area contributed by atoms with Crippen LogP contribution >= 0.6 is 11.6 Å². The standard InChI is InChI=1S/C18H20ClFN6O/c1-25(2)9-8-22-18-23-15-13(6-7-14(20)16(15)24-18)17(21)26(27)12-5-3-4-11(19)10-12/h3-7,10,21,27H,8-9H2,1-2H3,(H2,22,23,24). The third kappa shape index (κ3) is 4.19. The van der Waals surface area contributed by atoms with Gasteiger partial charge in [-0.25, -0.2) is 14.4 Å². The highest BCUT2D eigenvalue weighted by Crippen LogP contribution is 2.25. The number of aromatic amines is 1. The molecule has 0 atom stereocenters. The normalized spacial score (nSPS) is 11.2. The molecular weight excluding hydrogens is 371 g/mol. The Morgan fingerprint density at radius 1 is 1.33 bits per heavy atom. The molecule has 0 spiro atoms. The molecule has 4 N–H and O–H groups in total. The second-order valence-corrected chi connectivity index (χ2v) is 6.71. The van der Waals surface area contributed by atoms with Crippen LogP contribution < -0.4 is 10.4 Å². The summed E-state index contributed by atoms with van der Waals surface area (Å²) in [6.07, 6.45) is 0. The van der Waals surface area contributed by atoms with Gasteiger partial charge in [-0.05, 0) is 44.4 Å². The molecule has 2 aromatic carbocycles.